The van der Waals surface area contributed by atoms with Crippen molar-refractivity contribution < 1.29 is 0 Å². The molecule has 2 saturated heterocycles. The highest BCUT2D eigenvalue weighted by Crippen LogP contribution is 2.27. The highest BCUT2D eigenvalue weighted by molar-refractivity contribution is 5.62. The summed E-state index contributed by atoms with van der Waals surface area (Å²) in [6.45, 7) is 9.42. The van der Waals surface area contributed by atoms with Crippen LogP contribution in [0, 0.1) is 6.92 Å². The van der Waals surface area contributed by atoms with Crippen molar-refractivity contribution in [1.82, 2.24) is 24.6 Å². The van der Waals surface area contributed by atoms with Gasteiger partial charge in [0.1, 0.15) is 0 Å². The van der Waals surface area contributed by atoms with Crippen molar-refractivity contribution in [1.29, 1.82) is 0 Å². The van der Waals surface area contributed by atoms with Crippen LogP contribution in [0.2, 0.25) is 0 Å². The van der Waals surface area contributed by atoms with Gasteiger partial charge in [0.25, 0.3) is 0 Å². The van der Waals surface area contributed by atoms with Crippen molar-refractivity contribution in [3.05, 3.63) is 29.8 Å². The predicted molar refractivity (Wildman–Crippen MR) is 104 cm³/mol. The fourth-order valence-electron chi connectivity index (χ4n) is 3.93. The van der Waals surface area contributed by atoms with E-state index in [1.54, 1.807) is 0 Å². The summed E-state index contributed by atoms with van der Waals surface area (Å²) >= 11 is 0. The molecule has 0 spiro atoms. The molecular formula is C19H29N7. The van der Waals surface area contributed by atoms with Gasteiger partial charge in [-0.15, -0.1) is 0 Å². The summed E-state index contributed by atoms with van der Waals surface area (Å²) in [5.41, 5.74) is 2.59. The van der Waals surface area contributed by atoms with Crippen molar-refractivity contribution in [2.45, 2.75) is 32.7 Å². The molecule has 2 aromatic rings. The van der Waals surface area contributed by atoms with E-state index in [1.807, 2.05) is 30.3 Å². The van der Waals surface area contributed by atoms with Gasteiger partial charge in [-0.25, -0.2) is 9.97 Å². The van der Waals surface area contributed by atoms with E-state index in [2.05, 4.69) is 31.7 Å². The van der Waals surface area contributed by atoms with E-state index in [1.165, 1.54) is 30.5 Å². The summed E-state index contributed by atoms with van der Waals surface area (Å²) in [5, 5.41) is 4.36. The van der Waals surface area contributed by atoms with Crippen LogP contribution in [0.5, 0.6) is 0 Å². The maximum absolute atomic E-state index is 4.69. The molecule has 0 aromatic carbocycles. The maximum atomic E-state index is 4.69. The van der Waals surface area contributed by atoms with Crippen molar-refractivity contribution >= 4 is 11.6 Å². The maximum Gasteiger partial charge on any atom is 0.172 e. The third-order valence-electron chi connectivity index (χ3n) is 5.72. The Hall–Kier alpha value is -2.15. The number of hydrogen-bond donors (Lipinski definition) is 0. The lowest BCUT2D eigenvalue weighted by atomic mass is 10.1. The summed E-state index contributed by atoms with van der Waals surface area (Å²) in [4.78, 5) is 16.7. The normalized spacial score (nSPS) is 19.2. The van der Waals surface area contributed by atoms with Gasteiger partial charge in [0, 0.05) is 76.5 Å². The third-order valence-corrected chi connectivity index (χ3v) is 5.72. The zero-order chi connectivity index (χ0) is 17.9. The number of nitrogens with zero attached hydrogens (tertiary/aromatic N) is 7. The number of aryl methyl sites for hydroxylation is 1. The first-order chi connectivity index (χ1) is 12.7. The summed E-state index contributed by atoms with van der Waals surface area (Å²) in [6.07, 6.45) is 9.50. The molecule has 4 heterocycles. The highest BCUT2D eigenvalue weighted by Gasteiger charge is 2.24. The van der Waals surface area contributed by atoms with Crippen LogP contribution in [0.25, 0.3) is 0 Å². The Morgan fingerprint density at radius 1 is 0.846 bits per heavy atom. The van der Waals surface area contributed by atoms with Gasteiger partial charge in [-0.3, -0.25) is 9.58 Å². The molecule has 0 aliphatic carbocycles. The zero-order valence-electron chi connectivity index (χ0n) is 15.9. The third kappa shape index (κ3) is 3.53. The number of hydrogen-bond acceptors (Lipinski definition) is 6. The fourth-order valence-corrected chi connectivity index (χ4v) is 3.93. The monoisotopic (exact) mass is 355 g/mol. The van der Waals surface area contributed by atoms with Gasteiger partial charge in [0.2, 0.25) is 0 Å². The molecule has 2 aliphatic heterocycles. The average Bonchev–Trinajstić information content (AvgIpc) is 3.01. The predicted octanol–water partition coefficient (Wildman–Crippen LogP) is 1.83. The molecule has 2 aliphatic rings. The molecule has 2 aromatic heterocycles. The molecule has 0 unspecified atom stereocenters. The van der Waals surface area contributed by atoms with Gasteiger partial charge < -0.3 is 9.80 Å². The van der Waals surface area contributed by atoms with E-state index < -0.39 is 0 Å². The Balaban J connectivity index is 1.41. The van der Waals surface area contributed by atoms with Crippen LogP contribution in [0.3, 0.4) is 0 Å². The lowest BCUT2D eigenvalue weighted by Gasteiger charge is -2.37. The minimum absolute atomic E-state index is 0.979. The van der Waals surface area contributed by atoms with Crippen LogP contribution in [-0.4, -0.2) is 63.9 Å². The van der Waals surface area contributed by atoms with E-state index >= 15 is 0 Å². The molecule has 140 valence electrons. The topological polar surface area (TPSA) is 53.3 Å². The second-order valence-electron chi connectivity index (χ2n) is 7.39. The van der Waals surface area contributed by atoms with Gasteiger partial charge in [0.15, 0.2) is 11.6 Å². The van der Waals surface area contributed by atoms with Gasteiger partial charge >= 0.3 is 0 Å². The van der Waals surface area contributed by atoms with Crippen LogP contribution >= 0.6 is 0 Å². The molecule has 0 N–H and O–H groups in total. The molecule has 0 atom stereocenters. The van der Waals surface area contributed by atoms with Gasteiger partial charge in [-0.1, -0.05) is 0 Å². The number of anilines is 2. The Kier molecular flexibility index (Phi) is 5.06. The fraction of sp³-hybridized carbons (Fsp3) is 0.632. The van der Waals surface area contributed by atoms with E-state index in [-0.39, 0.29) is 0 Å². The molecule has 0 bridgehead atoms. The zero-order valence-corrected chi connectivity index (χ0v) is 15.9. The van der Waals surface area contributed by atoms with Crippen LogP contribution < -0.4 is 9.80 Å². The lowest BCUT2D eigenvalue weighted by molar-refractivity contribution is 0.248. The van der Waals surface area contributed by atoms with E-state index in [9.17, 15) is 0 Å². The molecule has 7 heteroatoms. The van der Waals surface area contributed by atoms with Gasteiger partial charge in [0.05, 0.1) is 6.20 Å². The first-order valence-electron chi connectivity index (χ1n) is 9.73. The number of aromatic nitrogens is 4. The number of piperazine rings is 1. The summed E-state index contributed by atoms with van der Waals surface area (Å²) < 4.78 is 1.95. The van der Waals surface area contributed by atoms with Crippen molar-refractivity contribution in [2.75, 3.05) is 49.1 Å². The molecule has 2 fully saturated rings. The molecule has 0 amide bonds. The van der Waals surface area contributed by atoms with E-state index in [0.717, 1.165) is 57.4 Å². The smallest absolute Gasteiger partial charge is 0.172 e. The van der Waals surface area contributed by atoms with E-state index in [4.69, 9.17) is 4.98 Å². The molecule has 0 radical (unpaired) electrons. The molecule has 0 saturated carbocycles. The Morgan fingerprint density at radius 2 is 1.46 bits per heavy atom. The first-order valence-corrected chi connectivity index (χ1v) is 9.73. The highest BCUT2D eigenvalue weighted by atomic mass is 15.3. The van der Waals surface area contributed by atoms with Crippen LogP contribution in [0.1, 0.15) is 30.5 Å². The standard InChI is InChI=1S/C19H29N7/c1-16-17(14-22-23(16)2)15-24-10-12-26(13-11-24)19-18(20-6-7-21-19)25-8-4-3-5-9-25/h6-7,14H,3-5,8-13,15H2,1-2H3. The number of piperidine rings is 1. The minimum atomic E-state index is 0.979. The van der Waals surface area contributed by atoms with Crippen molar-refractivity contribution in [3.63, 3.8) is 0 Å². The van der Waals surface area contributed by atoms with Gasteiger partial charge in [-0.05, 0) is 26.2 Å². The minimum Gasteiger partial charge on any atom is -0.354 e. The second kappa shape index (κ2) is 7.61. The quantitative estimate of drug-likeness (QED) is 0.834. The lowest BCUT2D eigenvalue weighted by Crippen LogP contribution is -2.47. The van der Waals surface area contributed by atoms with Crippen LogP contribution in [-0.2, 0) is 13.6 Å². The van der Waals surface area contributed by atoms with Crippen molar-refractivity contribution in [3.8, 4) is 0 Å². The number of rotatable bonds is 4. The summed E-state index contributed by atoms with van der Waals surface area (Å²) in [6, 6.07) is 0. The Morgan fingerprint density at radius 3 is 2.04 bits per heavy atom. The molecule has 7 nitrogen and oxygen atoms in total. The Labute approximate surface area is 155 Å². The van der Waals surface area contributed by atoms with E-state index in [0.29, 0.717) is 0 Å². The largest absolute Gasteiger partial charge is 0.354 e. The van der Waals surface area contributed by atoms with Crippen LogP contribution in [0.4, 0.5) is 11.6 Å². The Bertz CT molecular complexity index is 727. The summed E-state index contributed by atoms with van der Waals surface area (Å²) in [5.74, 6) is 2.13. The first kappa shape index (κ1) is 17.3. The summed E-state index contributed by atoms with van der Waals surface area (Å²) in [7, 11) is 2.01. The molecule has 4 rings (SSSR count). The SMILES string of the molecule is Cc1c(CN2CCN(c3nccnc3N3CCCCC3)CC2)cnn1C. The van der Waals surface area contributed by atoms with Gasteiger partial charge in [-0.2, -0.15) is 5.10 Å². The second-order valence-corrected chi connectivity index (χ2v) is 7.39. The average molecular weight is 355 g/mol. The molecular weight excluding hydrogens is 326 g/mol. The molecule has 26 heavy (non-hydrogen) atoms. The van der Waals surface area contributed by atoms with Crippen LogP contribution in [0.15, 0.2) is 18.6 Å². The van der Waals surface area contributed by atoms with Crippen molar-refractivity contribution in [2.24, 2.45) is 7.05 Å².